The summed E-state index contributed by atoms with van der Waals surface area (Å²) >= 11 is 0. The molecule has 0 saturated carbocycles. The van der Waals surface area contributed by atoms with Gasteiger partial charge in [-0.15, -0.1) is 0 Å². The molecule has 6 nitrogen and oxygen atoms in total. The van der Waals surface area contributed by atoms with Crippen LogP contribution in [0, 0.1) is 6.92 Å². The Morgan fingerprint density at radius 3 is 2.27 bits per heavy atom. The molecule has 1 heterocycles. The van der Waals surface area contributed by atoms with Crippen molar-refractivity contribution in [2.24, 2.45) is 5.10 Å². The van der Waals surface area contributed by atoms with Crippen LogP contribution in [0.15, 0.2) is 120 Å². The fraction of sp³-hybridized carbons (Fsp3) is 0.0645. The first-order valence-electron chi connectivity index (χ1n) is 12.0. The maximum Gasteiger partial charge on any atom is 0.271 e. The van der Waals surface area contributed by atoms with Crippen LogP contribution in [0.3, 0.4) is 0 Å². The van der Waals surface area contributed by atoms with Crippen molar-refractivity contribution in [3.05, 3.63) is 138 Å². The Labute approximate surface area is 215 Å². The van der Waals surface area contributed by atoms with Gasteiger partial charge in [-0.1, -0.05) is 66.2 Å². The summed E-state index contributed by atoms with van der Waals surface area (Å²) in [5.41, 5.74) is 8.71. The highest BCUT2D eigenvalue weighted by atomic mass is 16.5. The number of para-hydroxylation sites is 1. The van der Waals surface area contributed by atoms with E-state index in [1.807, 2.05) is 110 Å². The maximum atomic E-state index is 12.5. The Bertz CT molecular complexity index is 1490. The van der Waals surface area contributed by atoms with Crippen LogP contribution >= 0.6 is 0 Å². The van der Waals surface area contributed by atoms with Crippen LogP contribution in [0.2, 0.25) is 0 Å². The number of aromatic nitrogens is 2. The highest BCUT2D eigenvalue weighted by Crippen LogP contribution is 2.25. The fourth-order valence-corrected chi connectivity index (χ4v) is 3.80. The minimum atomic E-state index is -0.270. The number of carbonyl (C=O) groups excluding carboxylic acids is 1. The van der Waals surface area contributed by atoms with Crippen molar-refractivity contribution in [1.29, 1.82) is 0 Å². The number of hydrogen-bond donors (Lipinski definition) is 1. The minimum Gasteiger partial charge on any atom is -0.489 e. The molecule has 0 atom stereocenters. The zero-order valence-corrected chi connectivity index (χ0v) is 20.4. The second-order valence-electron chi connectivity index (χ2n) is 8.58. The lowest BCUT2D eigenvalue weighted by Crippen LogP contribution is -2.17. The molecule has 0 bridgehead atoms. The van der Waals surface area contributed by atoms with Crippen LogP contribution in [-0.2, 0) is 6.61 Å². The van der Waals surface area contributed by atoms with Gasteiger partial charge in [-0.3, -0.25) is 4.79 Å². The maximum absolute atomic E-state index is 12.5. The van der Waals surface area contributed by atoms with E-state index in [4.69, 9.17) is 9.84 Å². The number of benzene rings is 4. The third kappa shape index (κ3) is 6.00. The molecule has 0 fully saturated rings. The molecule has 4 aromatic carbocycles. The largest absolute Gasteiger partial charge is 0.489 e. The van der Waals surface area contributed by atoms with Crippen molar-refractivity contribution in [3.63, 3.8) is 0 Å². The highest BCUT2D eigenvalue weighted by Gasteiger charge is 2.12. The summed E-state index contributed by atoms with van der Waals surface area (Å²) in [6, 6.07) is 35.1. The summed E-state index contributed by atoms with van der Waals surface area (Å²) in [6.45, 7) is 2.48. The third-order valence-corrected chi connectivity index (χ3v) is 5.82. The Hall–Kier alpha value is -4.97. The minimum absolute atomic E-state index is 0.270. The molecule has 182 valence electrons. The van der Waals surface area contributed by atoms with Crippen LogP contribution in [0.4, 0.5) is 0 Å². The van der Waals surface area contributed by atoms with Gasteiger partial charge < -0.3 is 4.74 Å². The van der Waals surface area contributed by atoms with E-state index in [9.17, 15) is 4.79 Å². The first-order valence-corrected chi connectivity index (χ1v) is 12.0. The van der Waals surface area contributed by atoms with E-state index in [1.54, 1.807) is 23.0 Å². The number of rotatable bonds is 8. The Kier molecular flexibility index (Phi) is 7.18. The number of hydrogen-bond acceptors (Lipinski definition) is 4. The molecule has 5 aromatic rings. The molecule has 5 rings (SSSR count). The highest BCUT2D eigenvalue weighted by molar-refractivity contribution is 5.95. The van der Waals surface area contributed by atoms with Gasteiger partial charge in [0.2, 0.25) is 0 Å². The Morgan fingerprint density at radius 1 is 0.892 bits per heavy atom. The van der Waals surface area contributed by atoms with E-state index < -0.39 is 0 Å². The van der Waals surface area contributed by atoms with Crippen LogP contribution in [0.5, 0.6) is 5.75 Å². The second-order valence-corrected chi connectivity index (χ2v) is 8.58. The smallest absolute Gasteiger partial charge is 0.271 e. The summed E-state index contributed by atoms with van der Waals surface area (Å²) in [5, 5.41) is 9.02. The number of ether oxygens (including phenoxy) is 1. The van der Waals surface area contributed by atoms with E-state index in [0.29, 0.717) is 12.2 Å². The molecule has 1 aromatic heterocycles. The Balaban J connectivity index is 1.37. The van der Waals surface area contributed by atoms with Gasteiger partial charge in [0.15, 0.2) is 0 Å². The van der Waals surface area contributed by atoms with Crippen molar-refractivity contribution < 1.29 is 9.53 Å². The number of aryl methyl sites for hydroxylation is 1. The molecule has 37 heavy (non-hydrogen) atoms. The zero-order valence-electron chi connectivity index (χ0n) is 20.4. The predicted octanol–water partition coefficient (Wildman–Crippen LogP) is 6.19. The molecule has 0 aliphatic carbocycles. The van der Waals surface area contributed by atoms with Gasteiger partial charge in [0.05, 0.1) is 11.9 Å². The van der Waals surface area contributed by atoms with Crippen LogP contribution < -0.4 is 10.2 Å². The monoisotopic (exact) mass is 486 g/mol. The van der Waals surface area contributed by atoms with E-state index >= 15 is 0 Å². The molecule has 1 N–H and O–H groups in total. The molecule has 0 aliphatic heterocycles. The number of nitrogens with zero attached hydrogens (tertiary/aromatic N) is 3. The van der Waals surface area contributed by atoms with E-state index in [1.165, 1.54) is 0 Å². The lowest BCUT2D eigenvalue weighted by atomic mass is 10.1. The summed E-state index contributed by atoms with van der Waals surface area (Å²) in [6.07, 6.45) is 3.51. The quantitative estimate of drug-likeness (QED) is 0.210. The van der Waals surface area contributed by atoms with Crippen molar-refractivity contribution in [2.45, 2.75) is 13.5 Å². The summed E-state index contributed by atoms with van der Waals surface area (Å²) in [7, 11) is 0. The van der Waals surface area contributed by atoms with Gasteiger partial charge in [0.1, 0.15) is 18.1 Å². The van der Waals surface area contributed by atoms with Crippen molar-refractivity contribution in [2.75, 3.05) is 0 Å². The average molecular weight is 487 g/mol. The third-order valence-electron chi connectivity index (χ3n) is 5.82. The predicted molar refractivity (Wildman–Crippen MR) is 146 cm³/mol. The van der Waals surface area contributed by atoms with Gasteiger partial charge >= 0.3 is 0 Å². The molecule has 0 radical (unpaired) electrons. The number of carbonyl (C=O) groups is 1. The van der Waals surface area contributed by atoms with Gasteiger partial charge in [-0.25, -0.2) is 10.1 Å². The molecule has 1 amide bonds. The number of amides is 1. The number of nitrogens with one attached hydrogen (secondary N) is 1. The summed E-state index contributed by atoms with van der Waals surface area (Å²) < 4.78 is 7.73. The van der Waals surface area contributed by atoms with Crippen molar-refractivity contribution >= 4 is 12.1 Å². The van der Waals surface area contributed by atoms with Gasteiger partial charge in [-0.05, 0) is 61.0 Å². The summed E-state index contributed by atoms with van der Waals surface area (Å²) in [4.78, 5) is 12.5. The van der Waals surface area contributed by atoms with Crippen molar-refractivity contribution in [1.82, 2.24) is 15.2 Å². The fourth-order valence-electron chi connectivity index (χ4n) is 3.80. The van der Waals surface area contributed by atoms with Crippen LogP contribution in [-0.4, -0.2) is 21.9 Å². The standard InChI is InChI=1S/C31H26N4O2/c1-23-12-14-26(15-13-23)31(36)33-32-20-27-21-35(28-10-6-3-7-11-28)34-30(27)25-16-18-29(19-17-25)37-22-24-8-4-2-5-9-24/h2-21H,22H2,1H3,(H,33,36). The van der Waals surface area contributed by atoms with E-state index in [2.05, 4.69) is 10.5 Å². The molecular formula is C31H26N4O2. The van der Waals surface area contributed by atoms with Gasteiger partial charge in [-0.2, -0.15) is 10.2 Å². The normalized spacial score (nSPS) is 10.9. The lowest BCUT2D eigenvalue weighted by Gasteiger charge is -2.07. The SMILES string of the molecule is Cc1ccc(C(=O)NN=Cc2cn(-c3ccccc3)nc2-c2ccc(OCc3ccccc3)cc2)cc1. The molecule has 0 unspecified atom stereocenters. The molecule has 0 spiro atoms. The molecule has 6 heteroatoms. The molecule has 0 aliphatic rings. The van der Waals surface area contributed by atoms with Crippen LogP contribution in [0.25, 0.3) is 16.9 Å². The Morgan fingerprint density at radius 2 is 1.57 bits per heavy atom. The van der Waals surface area contributed by atoms with Crippen LogP contribution in [0.1, 0.15) is 27.0 Å². The first-order chi connectivity index (χ1) is 18.2. The average Bonchev–Trinajstić information content (AvgIpc) is 3.38. The van der Waals surface area contributed by atoms with Crippen molar-refractivity contribution in [3.8, 4) is 22.7 Å². The van der Waals surface area contributed by atoms with Gasteiger partial charge in [0, 0.05) is 22.9 Å². The second kappa shape index (κ2) is 11.2. The molecule has 0 saturated heterocycles. The van der Waals surface area contributed by atoms with E-state index in [0.717, 1.165) is 39.4 Å². The van der Waals surface area contributed by atoms with E-state index in [-0.39, 0.29) is 5.91 Å². The number of hydrazone groups is 1. The first kappa shape index (κ1) is 23.8. The zero-order chi connectivity index (χ0) is 25.5. The lowest BCUT2D eigenvalue weighted by molar-refractivity contribution is 0.0955. The molecular weight excluding hydrogens is 460 g/mol. The summed E-state index contributed by atoms with van der Waals surface area (Å²) in [5.74, 6) is 0.504. The van der Waals surface area contributed by atoms with Gasteiger partial charge in [0.25, 0.3) is 5.91 Å². The topological polar surface area (TPSA) is 68.5 Å².